The largest absolute Gasteiger partial charge is 0.341 e. The van der Waals surface area contributed by atoms with Crippen molar-refractivity contribution in [3.8, 4) is 0 Å². The van der Waals surface area contributed by atoms with Crippen LogP contribution in [-0.2, 0) is 6.54 Å². The third-order valence-electron chi connectivity index (χ3n) is 2.76. The van der Waals surface area contributed by atoms with Gasteiger partial charge in [-0.1, -0.05) is 12.1 Å². The number of rotatable bonds is 2. The summed E-state index contributed by atoms with van der Waals surface area (Å²) < 4.78 is 0. The molecule has 3 heteroatoms. The molecule has 0 unspecified atom stereocenters. The predicted molar refractivity (Wildman–Crippen MR) is 56.0 cm³/mol. The van der Waals surface area contributed by atoms with E-state index in [0.717, 1.165) is 23.4 Å². The van der Waals surface area contributed by atoms with Gasteiger partial charge in [-0.15, -0.1) is 0 Å². The van der Waals surface area contributed by atoms with Crippen LogP contribution in [0.25, 0.3) is 11.0 Å². The minimum Gasteiger partial charge on any atom is -0.341 e. The Balaban J connectivity index is 1.89. The highest BCUT2D eigenvalue weighted by molar-refractivity contribution is 5.74. The number of aromatic amines is 1. The van der Waals surface area contributed by atoms with Gasteiger partial charge in [-0.3, -0.25) is 4.90 Å². The van der Waals surface area contributed by atoms with Crippen LogP contribution >= 0.6 is 0 Å². The molecule has 0 atom stereocenters. The lowest BCUT2D eigenvalue weighted by Crippen LogP contribution is -2.36. The SMILES string of the molecule is c1ccc2[nH]c(CN3CCC3)nc2c1. The van der Waals surface area contributed by atoms with Crippen molar-refractivity contribution in [3.05, 3.63) is 30.1 Å². The van der Waals surface area contributed by atoms with E-state index < -0.39 is 0 Å². The molecule has 2 aromatic rings. The Kier molecular flexibility index (Phi) is 1.77. The number of benzene rings is 1. The third kappa shape index (κ3) is 1.30. The highest BCUT2D eigenvalue weighted by Crippen LogP contribution is 2.14. The van der Waals surface area contributed by atoms with E-state index in [1.165, 1.54) is 19.5 Å². The Morgan fingerprint density at radius 3 is 2.86 bits per heavy atom. The summed E-state index contributed by atoms with van der Waals surface area (Å²) in [7, 11) is 0. The first-order chi connectivity index (χ1) is 6.92. The summed E-state index contributed by atoms with van der Waals surface area (Å²) >= 11 is 0. The summed E-state index contributed by atoms with van der Waals surface area (Å²) in [6.45, 7) is 3.41. The predicted octanol–water partition coefficient (Wildman–Crippen LogP) is 1.77. The number of para-hydroxylation sites is 2. The molecule has 2 heterocycles. The average Bonchev–Trinajstić information content (AvgIpc) is 2.53. The molecule has 0 spiro atoms. The van der Waals surface area contributed by atoms with Crippen LogP contribution < -0.4 is 0 Å². The molecule has 72 valence electrons. The second kappa shape index (κ2) is 3.10. The molecule has 0 radical (unpaired) electrons. The van der Waals surface area contributed by atoms with E-state index >= 15 is 0 Å². The topological polar surface area (TPSA) is 31.9 Å². The van der Waals surface area contributed by atoms with Crippen molar-refractivity contribution in [1.29, 1.82) is 0 Å². The van der Waals surface area contributed by atoms with Gasteiger partial charge in [0.05, 0.1) is 17.6 Å². The fourth-order valence-electron chi connectivity index (χ4n) is 1.83. The second-order valence-corrected chi connectivity index (χ2v) is 3.83. The molecule has 1 aliphatic heterocycles. The first-order valence-corrected chi connectivity index (χ1v) is 5.08. The molecule has 0 aliphatic carbocycles. The molecule has 1 aromatic carbocycles. The molecule has 1 aromatic heterocycles. The molecule has 1 saturated heterocycles. The number of H-pyrrole nitrogens is 1. The van der Waals surface area contributed by atoms with E-state index in [2.05, 4.69) is 20.9 Å². The molecule has 0 saturated carbocycles. The van der Waals surface area contributed by atoms with Crippen molar-refractivity contribution in [3.63, 3.8) is 0 Å². The molecule has 0 amide bonds. The van der Waals surface area contributed by atoms with Crippen LogP contribution in [0.15, 0.2) is 24.3 Å². The first-order valence-electron chi connectivity index (χ1n) is 5.08. The summed E-state index contributed by atoms with van der Waals surface area (Å²) in [5.41, 5.74) is 2.21. The third-order valence-corrected chi connectivity index (χ3v) is 2.76. The van der Waals surface area contributed by atoms with E-state index in [9.17, 15) is 0 Å². The summed E-state index contributed by atoms with van der Waals surface area (Å²) in [4.78, 5) is 10.3. The maximum Gasteiger partial charge on any atom is 0.121 e. The van der Waals surface area contributed by atoms with Crippen molar-refractivity contribution in [2.24, 2.45) is 0 Å². The lowest BCUT2D eigenvalue weighted by molar-refractivity contribution is 0.169. The normalized spacial score (nSPS) is 17.1. The van der Waals surface area contributed by atoms with Crippen LogP contribution in [0.5, 0.6) is 0 Å². The monoisotopic (exact) mass is 187 g/mol. The highest BCUT2D eigenvalue weighted by Gasteiger charge is 2.15. The average molecular weight is 187 g/mol. The smallest absolute Gasteiger partial charge is 0.121 e. The van der Waals surface area contributed by atoms with E-state index in [-0.39, 0.29) is 0 Å². The van der Waals surface area contributed by atoms with E-state index in [4.69, 9.17) is 0 Å². The molecule has 3 nitrogen and oxygen atoms in total. The Labute approximate surface area is 82.8 Å². The van der Waals surface area contributed by atoms with Crippen molar-refractivity contribution >= 4 is 11.0 Å². The van der Waals surface area contributed by atoms with Crippen LogP contribution in [0, 0.1) is 0 Å². The van der Waals surface area contributed by atoms with Gasteiger partial charge in [-0.2, -0.15) is 0 Å². The zero-order valence-corrected chi connectivity index (χ0v) is 8.03. The molecule has 1 fully saturated rings. The number of hydrogen-bond donors (Lipinski definition) is 1. The lowest BCUT2D eigenvalue weighted by Gasteiger charge is -2.29. The minimum atomic E-state index is 0.967. The van der Waals surface area contributed by atoms with Gasteiger partial charge < -0.3 is 4.98 Å². The van der Waals surface area contributed by atoms with Crippen LogP contribution in [0.4, 0.5) is 0 Å². The van der Waals surface area contributed by atoms with E-state index in [1.807, 2.05) is 18.2 Å². The summed E-state index contributed by atoms with van der Waals surface area (Å²) in [5, 5.41) is 0. The fourth-order valence-corrected chi connectivity index (χ4v) is 1.83. The number of hydrogen-bond acceptors (Lipinski definition) is 2. The Morgan fingerprint density at radius 2 is 2.14 bits per heavy atom. The summed E-state index contributed by atoms with van der Waals surface area (Å²) in [6.07, 6.45) is 1.33. The van der Waals surface area contributed by atoms with Crippen molar-refractivity contribution in [2.75, 3.05) is 13.1 Å². The Hall–Kier alpha value is -1.35. The molecular formula is C11H13N3. The zero-order valence-electron chi connectivity index (χ0n) is 8.03. The Morgan fingerprint density at radius 1 is 1.29 bits per heavy atom. The molecule has 3 rings (SSSR count). The number of aromatic nitrogens is 2. The number of nitrogens with one attached hydrogen (secondary N) is 1. The van der Waals surface area contributed by atoms with Crippen LogP contribution in [0.2, 0.25) is 0 Å². The van der Waals surface area contributed by atoms with Crippen molar-refractivity contribution in [1.82, 2.24) is 14.9 Å². The highest BCUT2D eigenvalue weighted by atomic mass is 15.2. The van der Waals surface area contributed by atoms with Gasteiger partial charge in [0.25, 0.3) is 0 Å². The molecular weight excluding hydrogens is 174 g/mol. The van der Waals surface area contributed by atoms with E-state index in [0.29, 0.717) is 0 Å². The molecule has 14 heavy (non-hydrogen) atoms. The summed E-state index contributed by atoms with van der Waals surface area (Å²) in [6, 6.07) is 8.18. The Bertz CT molecular complexity index is 409. The quantitative estimate of drug-likeness (QED) is 0.777. The van der Waals surface area contributed by atoms with Gasteiger partial charge in [-0.05, 0) is 31.6 Å². The van der Waals surface area contributed by atoms with Gasteiger partial charge in [-0.25, -0.2) is 4.98 Å². The molecule has 1 aliphatic rings. The molecule has 0 bridgehead atoms. The van der Waals surface area contributed by atoms with Gasteiger partial charge in [0.15, 0.2) is 0 Å². The van der Waals surface area contributed by atoms with Gasteiger partial charge >= 0.3 is 0 Å². The number of likely N-dealkylation sites (tertiary alicyclic amines) is 1. The van der Waals surface area contributed by atoms with Crippen LogP contribution in [0.1, 0.15) is 12.2 Å². The van der Waals surface area contributed by atoms with Gasteiger partial charge in [0.1, 0.15) is 5.82 Å². The van der Waals surface area contributed by atoms with Gasteiger partial charge in [0.2, 0.25) is 0 Å². The minimum absolute atomic E-state index is 0.967. The van der Waals surface area contributed by atoms with Crippen LogP contribution in [0.3, 0.4) is 0 Å². The van der Waals surface area contributed by atoms with E-state index in [1.54, 1.807) is 0 Å². The molecule has 1 N–H and O–H groups in total. The fraction of sp³-hybridized carbons (Fsp3) is 0.364. The summed E-state index contributed by atoms with van der Waals surface area (Å²) in [5.74, 6) is 1.09. The number of nitrogens with zero attached hydrogens (tertiary/aromatic N) is 2. The maximum absolute atomic E-state index is 4.54. The maximum atomic E-state index is 4.54. The lowest BCUT2D eigenvalue weighted by atomic mass is 10.2. The van der Waals surface area contributed by atoms with Crippen molar-refractivity contribution in [2.45, 2.75) is 13.0 Å². The first kappa shape index (κ1) is 8.00. The number of imidazole rings is 1. The number of fused-ring (bicyclic) bond motifs is 1. The zero-order chi connectivity index (χ0) is 9.38. The van der Waals surface area contributed by atoms with Gasteiger partial charge in [0, 0.05) is 0 Å². The van der Waals surface area contributed by atoms with Crippen molar-refractivity contribution < 1.29 is 0 Å². The standard InChI is InChI=1S/C11H13N3/c1-2-5-10-9(4-1)12-11(13-10)8-14-6-3-7-14/h1-2,4-5H,3,6-8H2,(H,12,13). The second-order valence-electron chi connectivity index (χ2n) is 3.83. The van der Waals surface area contributed by atoms with Crippen LogP contribution in [-0.4, -0.2) is 28.0 Å².